The lowest BCUT2D eigenvalue weighted by molar-refractivity contribution is -0.118. The quantitative estimate of drug-likeness (QED) is 0.271. The molecule has 182 valence electrons. The van der Waals surface area contributed by atoms with Gasteiger partial charge in [0.05, 0.1) is 17.9 Å². The number of nitrogens with one attached hydrogen (secondary N) is 2. The van der Waals surface area contributed by atoms with Crippen molar-refractivity contribution in [2.45, 2.75) is 57.9 Å². The van der Waals surface area contributed by atoms with Gasteiger partial charge in [-0.15, -0.1) is 0 Å². The molecule has 35 heavy (non-hydrogen) atoms. The summed E-state index contributed by atoms with van der Waals surface area (Å²) in [5.41, 5.74) is 7.31. The number of benzene rings is 1. The smallest absolute Gasteiger partial charge is 0.274 e. The highest BCUT2D eigenvalue weighted by atomic mass is 16.5. The third kappa shape index (κ3) is 6.11. The maximum Gasteiger partial charge on any atom is 0.274 e. The molecule has 3 heterocycles. The van der Waals surface area contributed by atoms with Crippen molar-refractivity contribution >= 4 is 22.6 Å². The molecule has 0 fully saturated rings. The number of H-pyrrole nitrogens is 1. The van der Waals surface area contributed by atoms with Crippen molar-refractivity contribution in [2.75, 3.05) is 0 Å². The van der Waals surface area contributed by atoms with E-state index in [4.69, 9.17) is 10.3 Å². The summed E-state index contributed by atoms with van der Waals surface area (Å²) >= 11 is 0. The number of hydrogen-bond donors (Lipinski definition) is 3. The van der Waals surface area contributed by atoms with E-state index in [1.54, 1.807) is 18.5 Å². The molecule has 0 saturated heterocycles. The van der Waals surface area contributed by atoms with Crippen LogP contribution in [0.3, 0.4) is 0 Å². The van der Waals surface area contributed by atoms with Gasteiger partial charge in [0.1, 0.15) is 11.6 Å². The molecule has 9 nitrogen and oxygen atoms in total. The van der Waals surface area contributed by atoms with Gasteiger partial charge < -0.3 is 20.6 Å². The Kier molecular flexibility index (Phi) is 7.54. The maximum absolute atomic E-state index is 12.9. The van der Waals surface area contributed by atoms with Crippen LogP contribution in [0.4, 0.5) is 0 Å². The van der Waals surface area contributed by atoms with E-state index in [2.05, 4.69) is 31.5 Å². The number of nitrogens with zero attached hydrogens (tertiary/aromatic N) is 3. The zero-order valence-corrected chi connectivity index (χ0v) is 20.0. The molecule has 0 radical (unpaired) electrons. The van der Waals surface area contributed by atoms with Crippen LogP contribution in [0.25, 0.3) is 22.0 Å². The average molecular weight is 475 g/mol. The topological polar surface area (TPSA) is 140 Å². The molecule has 0 bridgehead atoms. The average Bonchev–Trinajstić information content (AvgIpc) is 3.53. The third-order valence-electron chi connectivity index (χ3n) is 5.93. The lowest BCUT2D eigenvalue weighted by Gasteiger charge is -2.16. The van der Waals surface area contributed by atoms with Gasteiger partial charge in [-0.2, -0.15) is 0 Å². The van der Waals surface area contributed by atoms with Crippen LogP contribution in [0.2, 0.25) is 0 Å². The minimum absolute atomic E-state index is 0.134. The lowest BCUT2D eigenvalue weighted by Crippen LogP contribution is -2.29. The van der Waals surface area contributed by atoms with Gasteiger partial charge in [0, 0.05) is 41.7 Å². The number of carbonyl (C=O) groups excluding carboxylic acids is 2. The fraction of sp³-hybridized carbons (Fsp3) is 0.346. The molecular weight excluding hydrogens is 444 g/mol. The zero-order chi connectivity index (χ0) is 24.8. The predicted octanol–water partition coefficient (Wildman–Crippen LogP) is 4.64. The fourth-order valence-electron chi connectivity index (χ4n) is 3.92. The third-order valence-corrected chi connectivity index (χ3v) is 5.93. The number of carbonyl (C=O) groups is 2. The number of amides is 2. The summed E-state index contributed by atoms with van der Waals surface area (Å²) in [6.07, 6.45) is 8.70. The van der Waals surface area contributed by atoms with E-state index >= 15 is 0 Å². The summed E-state index contributed by atoms with van der Waals surface area (Å²) in [5, 5.41) is 9.10. The van der Waals surface area contributed by atoms with Gasteiger partial charge in [-0.3, -0.25) is 14.6 Å². The van der Waals surface area contributed by atoms with Gasteiger partial charge in [0.2, 0.25) is 5.91 Å². The molecule has 0 unspecified atom stereocenters. The molecule has 4 N–H and O–H groups in total. The van der Waals surface area contributed by atoms with Crippen LogP contribution in [0.5, 0.6) is 0 Å². The van der Waals surface area contributed by atoms with Gasteiger partial charge in [0.15, 0.2) is 5.69 Å². The molecular formula is C26H30N6O3. The predicted molar refractivity (Wildman–Crippen MR) is 132 cm³/mol. The monoisotopic (exact) mass is 474 g/mol. The number of primary amides is 1. The standard InChI is InChI=1S/C26H30N6O3/c1-16(2)23-13-21(32-35-23)26(34)31-20(6-4-3-5-7-24(27)33)25-29-15-22(30-25)18-9-8-17-10-11-28-14-19(17)12-18/h8-16,20H,3-7H2,1-2H3,(H2,27,33)(H,29,30)(H,31,34)/t20-/m0/s1. The zero-order valence-electron chi connectivity index (χ0n) is 20.0. The maximum atomic E-state index is 12.9. The number of rotatable bonds is 11. The summed E-state index contributed by atoms with van der Waals surface area (Å²) in [6.45, 7) is 3.95. The summed E-state index contributed by atoms with van der Waals surface area (Å²) in [5.74, 6) is 0.821. The van der Waals surface area contributed by atoms with E-state index in [0.717, 1.165) is 34.9 Å². The first-order valence-corrected chi connectivity index (χ1v) is 11.9. The van der Waals surface area contributed by atoms with Crippen LogP contribution >= 0.6 is 0 Å². The van der Waals surface area contributed by atoms with Gasteiger partial charge in [-0.1, -0.05) is 44.0 Å². The van der Waals surface area contributed by atoms with E-state index < -0.39 is 0 Å². The molecule has 4 aromatic rings. The molecule has 4 rings (SSSR count). The van der Waals surface area contributed by atoms with Crippen molar-refractivity contribution < 1.29 is 14.1 Å². The van der Waals surface area contributed by atoms with Crippen molar-refractivity contribution in [3.63, 3.8) is 0 Å². The second-order valence-electron chi connectivity index (χ2n) is 8.98. The Labute approximate surface area is 203 Å². The molecule has 0 spiro atoms. The second-order valence-corrected chi connectivity index (χ2v) is 8.98. The number of aromatic amines is 1. The molecule has 2 amide bonds. The molecule has 9 heteroatoms. The van der Waals surface area contributed by atoms with Crippen LogP contribution in [-0.4, -0.2) is 31.9 Å². The second kappa shape index (κ2) is 10.9. The first-order chi connectivity index (χ1) is 16.9. The SMILES string of the molecule is CC(C)c1cc(C(=O)N[C@@H](CCCCCC(N)=O)c2ncc(-c3ccc4ccncc4c3)[nH]2)no1. The van der Waals surface area contributed by atoms with Gasteiger partial charge in [-0.25, -0.2) is 4.98 Å². The highest BCUT2D eigenvalue weighted by Gasteiger charge is 2.22. The number of pyridine rings is 1. The van der Waals surface area contributed by atoms with E-state index in [1.165, 1.54) is 0 Å². The molecule has 1 aromatic carbocycles. The largest absolute Gasteiger partial charge is 0.370 e. The first kappa shape index (κ1) is 24.1. The van der Waals surface area contributed by atoms with Gasteiger partial charge >= 0.3 is 0 Å². The van der Waals surface area contributed by atoms with Crippen LogP contribution in [-0.2, 0) is 4.79 Å². The highest BCUT2D eigenvalue weighted by Crippen LogP contribution is 2.26. The van der Waals surface area contributed by atoms with E-state index in [9.17, 15) is 9.59 Å². The Bertz CT molecular complexity index is 1310. The minimum Gasteiger partial charge on any atom is -0.370 e. The Morgan fingerprint density at radius 2 is 1.94 bits per heavy atom. The summed E-state index contributed by atoms with van der Waals surface area (Å²) < 4.78 is 5.28. The van der Waals surface area contributed by atoms with Gasteiger partial charge in [-0.05, 0) is 30.4 Å². The lowest BCUT2D eigenvalue weighted by atomic mass is 10.1. The number of aromatic nitrogens is 4. The van der Waals surface area contributed by atoms with Crippen molar-refractivity contribution in [3.05, 3.63) is 66.2 Å². The molecule has 0 saturated carbocycles. The molecule has 3 aromatic heterocycles. The Morgan fingerprint density at radius 3 is 2.71 bits per heavy atom. The molecule has 1 atom stereocenters. The summed E-state index contributed by atoms with van der Waals surface area (Å²) in [7, 11) is 0. The highest BCUT2D eigenvalue weighted by molar-refractivity contribution is 5.92. The van der Waals surface area contributed by atoms with E-state index in [1.807, 2.05) is 38.2 Å². The number of unbranched alkanes of at least 4 members (excludes halogenated alkanes) is 2. The van der Waals surface area contributed by atoms with E-state index in [0.29, 0.717) is 30.8 Å². The van der Waals surface area contributed by atoms with Crippen molar-refractivity contribution in [3.8, 4) is 11.3 Å². The van der Waals surface area contributed by atoms with E-state index in [-0.39, 0.29) is 29.5 Å². The number of nitrogens with two attached hydrogens (primary N) is 1. The Hall–Kier alpha value is -4.01. The normalized spacial score (nSPS) is 12.2. The molecule has 0 aliphatic rings. The first-order valence-electron chi connectivity index (χ1n) is 11.9. The minimum atomic E-state index is -0.355. The Morgan fingerprint density at radius 1 is 1.09 bits per heavy atom. The van der Waals surface area contributed by atoms with Crippen LogP contribution in [0, 0.1) is 0 Å². The fourth-order valence-corrected chi connectivity index (χ4v) is 3.92. The van der Waals surface area contributed by atoms with Crippen LogP contribution < -0.4 is 11.1 Å². The van der Waals surface area contributed by atoms with Crippen molar-refractivity contribution in [2.24, 2.45) is 5.73 Å². The summed E-state index contributed by atoms with van der Waals surface area (Å²) in [6, 6.07) is 9.41. The molecule has 0 aliphatic carbocycles. The summed E-state index contributed by atoms with van der Waals surface area (Å²) in [4.78, 5) is 36.1. The van der Waals surface area contributed by atoms with Gasteiger partial charge in [0.25, 0.3) is 5.91 Å². The van der Waals surface area contributed by atoms with Crippen molar-refractivity contribution in [1.82, 2.24) is 25.4 Å². The number of imidazole rings is 1. The number of hydrogen-bond acceptors (Lipinski definition) is 6. The van der Waals surface area contributed by atoms with Crippen molar-refractivity contribution in [1.29, 1.82) is 0 Å². The van der Waals surface area contributed by atoms with Crippen LogP contribution in [0.1, 0.15) is 80.0 Å². The number of fused-ring (bicyclic) bond motifs is 1. The Balaban J connectivity index is 1.52. The van der Waals surface area contributed by atoms with Crippen LogP contribution in [0.15, 0.2) is 53.4 Å². The molecule has 0 aliphatic heterocycles.